The second-order valence-electron chi connectivity index (χ2n) is 5.19. The van der Waals surface area contributed by atoms with Crippen LogP contribution in [0.3, 0.4) is 0 Å². The summed E-state index contributed by atoms with van der Waals surface area (Å²) in [6, 6.07) is 0.108. The minimum Gasteiger partial charge on any atom is -0.338 e. The average Bonchev–Trinajstić information content (AvgIpc) is 3.19. The molecule has 3 heterocycles. The van der Waals surface area contributed by atoms with Gasteiger partial charge in [0.15, 0.2) is 0 Å². The smallest absolute Gasteiger partial charge is 0.317 e. The van der Waals surface area contributed by atoms with Gasteiger partial charge in [-0.25, -0.2) is 9.78 Å². The number of nitrogens with one attached hydrogen (secondary N) is 1. The number of hydrogen-bond donors (Lipinski definition) is 1. The van der Waals surface area contributed by atoms with Crippen LogP contribution in [-0.4, -0.2) is 50.3 Å². The lowest BCUT2D eigenvalue weighted by Crippen LogP contribution is -2.46. The highest BCUT2D eigenvalue weighted by molar-refractivity contribution is 7.99. The van der Waals surface area contributed by atoms with E-state index in [9.17, 15) is 4.79 Å². The second-order valence-corrected chi connectivity index (χ2v) is 7.06. The van der Waals surface area contributed by atoms with Crippen molar-refractivity contribution in [3.8, 4) is 0 Å². The number of amides is 2. The van der Waals surface area contributed by atoms with Crippen molar-refractivity contribution in [3.05, 3.63) is 34.5 Å². The van der Waals surface area contributed by atoms with Crippen molar-refractivity contribution in [2.45, 2.75) is 12.5 Å². The van der Waals surface area contributed by atoms with Gasteiger partial charge < -0.3 is 10.2 Å². The summed E-state index contributed by atoms with van der Waals surface area (Å²) >= 11 is 3.46. The zero-order valence-corrected chi connectivity index (χ0v) is 14.1. The molecule has 2 aromatic heterocycles. The lowest BCUT2D eigenvalue weighted by Gasteiger charge is -2.34. The zero-order valence-electron chi connectivity index (χ0n) is 12.4. The summed E-state index contributed by atoms with van der Waals surface area (Å²) in [7, 11) is 1.90. The second kappa shape index (κ2) is 7.15. The van der Waals surface area contributed by atoms with Crippen LogP contribution in [0.5, 0.6) is 0 Å². The van der Waals surface area contributed by atoms with Gasteiger partial charge >= 0.3 is 6.03 Å². The fourth-order valence-corrected chi connectivity index (χ4v) is 4.18. The van der Waals surface area contributed by atoms with Gasteiger partial charge in [-0.2, -0.15) is 16.9 Å². The predicted octanol–water partition coefficient (Wildman–Crippen LogP) is 1.92. The Hall–Kier alpha value is -1.54. The normalized spacial score (nSPS) is 18.4. The molecule has 2 aromatic rings. The van der Waals surface area contributed by atoms with E-state index < -0.39 is 0 Å². The van der Waals surface area contributed by atoms with E-state index in [1.165, 1.54) is 0 Å². The van der Waals surface area contributed by atoms with Gasteiger partial charge in [0.2, 0.25) is 0 Å². The van der Waals surface area contributed by atoms with Crippen molar-refractivity contribution in [2.75, 3.05) is 24.6 Å². The Balaban J connectivity index is 1.59. The first-order chi connectivity index (χ1) is 10.7. The van der Waals surface area contributed by atoms with E-state index in [4.69, 9.17) is 0 Å². The van der Waals surface area contributed by atoms with Gasteiger partial charge in [-0.1, -0.05) is 0 Å². The van der Waals surface area contributed by atoms with Gasteiger partial charge in [0.1, 0.15) is 0 Å². The number of nitrogens with zero attached hydrogens (tertiary/aromatic N) is 4. The summed E-state index contributed by atoms with van der Waals surface area (Å²) < 4.78 is 1.78. The monoisotopic (exact) mass is 337 g/mol. The minimum atomic E-state index is 0.00406. The highest BCUT2D eigenvalue weighted by Crippen LogP contribution is 2.29. The fourth-order valence-electron chi connectivity index (χ4n) is 2.50. The number of hydrogen-bond acceptors (Lipinski definition) is 5. The maximum atomic E-state index is 12.5. The van der Waals surface area contributed by atoms with Crippen LogP contribution >= 0.6 is 23.1 Å². The molecule has 1 saturated heterocycles. The van der Waals surface area contributed by atoms with Crippen molar-refractivity contribution in [1.29, 1.82) is 0 Å². The molecule has 0 spiro atoms. The van der Waals surface area contributed by atoms with Gasteiger partial charge in [-0.3, -0.25) is 4.68 Å². The van der Waals surface area contributed by atoms with E-state index in [1.807, 2.05) is 47.0 Å². The maximum Gasteiger partial charge on any atom is 0.317 e. The maximum absolute atomic E-state index is 12.5. The lowest BCUT2D eigenvalue weighted by atomic mass is 10.1. The Morgan fingerprint density at radius 2 is 2.45 bits per heavy atom. The Morgan fingerprint density at radius 1 is 1.55 bits per heavy atom. The third-order valence-electron chi connectivity index (χ3n) is 3.64. The molecule has 0 radical (unpaired) electrons. The molecule has 22 heavy (non-hydrogen) atoms. The summed E-state index contributed by atoms with van der Waals surface area (Å²) in [5, 5.41) is 9.25. The van der Waals surface area contributed by atoms with Gasteiger partial charge in [-0.15, -0.1) is 11.3 Å². The third-order valence-corrected chi connectivity index (χ3v) is 5.30. The van der Waals surface area contributed by atoms with Crippen LogP contribution in [0.25, 0.3) is 0 Å². The topological polar surface area (TPSA) is 63.1 Å². The van der Waals surface area contributed by atoms with E-state index in [2.05, 4.69) is 15.4 Å². The molecular weight excluding hydrogens is 318 g/mol. The standard InChI is InChI=1S/C14H19N5OS2/c1-18-7-11(6-17-18)13-9-21-5-4-19(13)14(20)15-3-2-12-8-22-10-16-12/h6-8,10,13H,2-5,9H2,1H3,(H,15,20)/t13-/m1/s1. The predicted molar refractivity (Wildman–Crippen MR) is 89.2 cm³/mol. The first-order valence-electron chi connectivity index (χ1n) is 7.22. The van der Waals surface area contributed by atoms with Crippen LogP contribution < -0.4 is 5.32 Å². The molecule has 118 valence electrons. The van der Waals surface area contributed by atoms with Crippen LogP contribution in [0.4, 0.5) is 4.79 Å². The highest BCUT2D eigenvalue weighted by atomic mass is 32.2. The van der Waals surface area contributed by atoms with Gasteiger partial charge in [-0.05, 0) is 0 Å². The molecular formula is C14H19N5OS2. The van der Waals surface area contributed by atoms with E-state index in [0.717, 1.165) is 35.7 Å². The molecule has 1 aliphatic heterocycles. The highest BCUT2D eigenvalue weighted by Gasteiger charge is 2.29. The van der Waals surface area contributed by atoms with Crippen LogP contribution in [0, 0.1) is 0 Å². The Labute approximate surface area is 137 Å². The molecule has 6 nitrogen and oxygen atoms in total. The summed E-state index contributed by atoms with van der Waals surface area (Å²) in [6.45, 7) is 1.39. The van der Waals surface area contributed by atoms with Crippen molar-refractivity contribution in [1.82, 2.24) is 25.0 Å². The molecule has 1 N–H and O–H groups in total. The quantitative estimate of drug-likeness (QED) is 0.926. The first-order valence-corrected chi connectivity index (χ1v) is 9.31. The van der Waals surface area contributed by atoms with Gasteiger partial charge in [0, 0.05) is 55.2 Å². The van der Waals surface area contributed by atoms with Crippen molar-refractivity contribution in [3.63, 3.8) is 0 Å². The lowest BCUT2D eigenvalue weighted by molar-refractivity contribution is 0.183. The summed E-state index contributed by atoms with van der Waals surface area (Å²) in [5.41, 5.74) is 3.95. The largest absolute Gasteiger partial charge is 0.338 e. The van der Waals surface area contributed by atoms with Crippen LogP contribution in [0.1, 0.15) is 17.3 Å². The van der Waals surface area contributed by atoms with E-state index >= 15 is 0 Å². The van der Waals surface area contributed by atoms with Crippen molar-refractivity contribution < 1.29 is 4.79 Å². The van der Waals surface area contributed by atoms with Crippen LogP contribution in [0.15, 0.2) is 23.3 Å². The number of urea groups is 1. The van der Waals surface area contributed by atoms with E-state index in [-0.39, 0.29) is 12.1 Å². The van der Waals surface area contributed by atoms with Crippen LogP contribution in [0.2, 0.25) is 0 Å². The molecule has 8 heteroatoms. The Morgan fingerprint density at radius 3 is 3.18 bits per heavy atom. The number of thiazole rings is 1. The zero-order chi connectivity index (χ0) is 15.4. The van der Waals surface area contributed by atoms with Crippen molar-refractivity contribution >= 4 is 29.1 Å². The number of aryl methyl sites for hydroxylation is 1. The van der Waals surface area contributed by atoms with E-state index in [0.29, 0.717) is 6.54 Å². The number of carbonyl (C=O) groups excluding carboxylic acids is 1. The molecule has 0 unspecified atom stereocenters. The molecule has 1 fully saturated rings. The third kappa shape index (κ3) is 3.61. The molecule has 0 aromatic carbocycles. The average molecular weight is 337 g/mol. The first kappa shape index (κ1) is 15.4. The SMILES string of the molecule is Cn1cc([C@H]2CSCCN2C(=O)NCCc2cscn2)cn1. The number of carbonyl (C=O) groups is 1. The molecule has 0 aliphatic carbocycles. The van der Waals surface area contributed by atoms with Crippen molar-refractivity contribution in [2.24, 2.45) is 7.05 Å². The summed E-state index contributed by atoms with van der Waals surface area (Å²) in [5.74, 6) is 1.90. The number of aromatic nitrogens is 3. The molecule has 0 bridgehead atoms. The van der Waals surface area contributed by atoms with Gasteiger partial charge in [0.05, 0.1) is 23.4 Å². The summed E-state index contributed by atoms with van der Waals surface area (Å²) in [4.78, 5) is 18.6. The molecule has 1 aliphatic rings. The number of thioether (sulfide) groups is 1. The minimum absolute atomic E-state index is 0.00406. The molecule has 3 rings (SSSR count). The molecule has 1 atom stereocenters. The number of rotatable bonds is 4. The molecule has 0 saturated carbocycles. The van der Waals surface area contributed by atoms with Gasteiger partial charge in [0.25, 0.3) is 0 Å². The fraction of sp³-hybridized carbons (Fsp3) is 0.500. The van der Waals surface area contributed by atoms with Crippen LogP contribution in [-0.2, 0) is 13.5 Å². The van der Waals surface area contributed by atoms with E-state index in [1.54, 1.807) is 16.0 Å². The Bertz CT molecular complexity index is 613. The molecule has 2 amide bonds. The Kier molecular flexibility index (Phi) is 4.99. The summed E-state index contributed by atoms with van der Waals surface area (Å²) in [6.07, 6.45) is 4.62.